The van der Waals surface area contributed by atoms with Gasteiger partial charge in [-0.2, -0.15) is 9.61 Å². The first-order valence-corrected chi connectivity index (χ1v) is 8.03. The highest BCUT2D eigenvalue weighted by atomic mass is 79.9. The highest BCUT2D eigenvalue weighted by Crippen LogP contribution is 2.23. The average molecular weight is 382 g/mol. The first kappa shape index (κ1) is 14.8. The van der Waals surface area contributed by atoms with Gasteiger partial charge in [-0.05, 0) is 36.4 Å². The predicted molar refractivity (Wildman–Crippen MR) is 93.7 cm³/mol. The summed E-state index contributed by atoms with van der Waals surface area (Å²) in [6.07, 6.45) is 1.71. The highest BCUT2D eigenvalue weighted by Gasteiger charge is 2.11. The van der Waals surface area contributed by atoms with E-state index in [0.29, 0.717) is 11.6 Å². The van der Waals surface area contributed by atoms with Gasteiger partial charge in [0, 0.05) is 15.6 Å². The molecule has 7 heteroatoms. The minimum absolute atomic E-state index is 0.459. The fourth-order valence-electron chi connectivity index (χ4n) is 2.38. The van der Waals surface area contributed by atoms with E-state index < -0.39 is 0 Å². The van der Waals surface area contributed by atoms with Crippen LogP contribution in [0, 0.1) is 0 Å². The maximum Gasteiger partial charge on any atom is 0.272 e. The molecule has 2 aromatic carbocycles. The molecule has 0 radical (unpaired) electrons. The Morgan fingerprint density at radius 1 is 0.917 bits per heavy atom. The van der Waals surface area contributed by atoms with Gasteiger partial charge in [0.1, 0.15) is 5.75 Å². The second-order valence-corrected chi connectivity index (χ2v) is 6.03. The Bertz CT molecular complexity index is 996. The summed E-state index contributed by atoms with van der Waals surface area (Å²) in [5.74, 6) is 1.92. The first-order chi connectivity index (χ1) is 11.7. The van der Waals surface area contributed by atoms with E-state index in [1.54, 1.807) is 17.8 Å². The minimum Gasteiger partial charge on any atom is -0.497 e. The van der Waals surface area contributed by atoms with Gasteiger partial charge in [0.25, 0.3) is 5.78 Å². The average Bonchev–Trinajstić information content (AvgIpc) is 3.05. The summed E-state index contributed by atoms with van der Waals surface area (Å²) in [6, 6.07) is 15.5. The Hall–Kier alpha value is -2.80. The molecule has 0 aliphatic carbocycles. The molecule has 0 amide bonds. The molecule has 6 nitrogen and oxygen atoms in total. The molecule has 0 saturated heterocycles. The molecule has 0 spiro atoms. The van der Waals surface area contributed by atoms with Crippen molar-refractivity contribution in [1.29, 1.82) is 0 Å². The van der Waals surface area contributed by atoms with Gasteiger partial charge in [-0.3, -0.25) is 0 Å². The normalized spacial score (nSPS) is 10.9. The summed E-state index contributed by atoms with van der Waals surface area (Å²) in [7, 11) is 1.64. The van der Waals surface area contributed by atoms with Gasteiger partial charge in [-0.15, -0.1) is 10.2 Å². The number of fused-ring (bicyclic) bond motifs is 1. The van der Waals surface area contributed by atoms with Crippen molar-refractivity contribution in [2.24, 2.45) is 0 Å². The van der Waals surface area contributed by atoms with Crippen LogP contribution < -0.4 is 4.74 Å². The number of hydrogen-bond donors (Lipinski definition) is 0. The number of rotatable bonds is 3. The quantitative estimate of drug-likeness (QED) is 0.542. The van der Waals surface area contributed by atoms with E-state index in [2.05, 4.69) is 36.2 Å². The third-order valence-electron chi connectivity index (χ3n) is 3.63. The van der Waals surface area contributed by atoms with Crippen LogP contribution >= 0.6 is 15.9 Å². The number of hydrogen-bond acceptors (Lipinski definition) is 5. The molecule has 118 valence electrons. The lowest BCUT2D eigenvalue weighted by Crippen LogP contribution is -1.98. The number of methoxy groups -OCH3 is 1. The molecule has 0 atom stereocenters. The van der Waals surface area contributed by atoms with Crippen LogP contribution in [0.3, 0.4) is 0 Å². The van der Waals surface area contributed by atoms with Gasteiger partial charge in [-0.1, -0.05) is 28.1 Å². The van der Waals surface area contributed by atoms with E-state index in [1.165, 1.54) is 0 Å². The number of aromatic nitrogens is 5. The first-order valence-electron chi connectivity index (χ1n) is 7.23. The molecule has 2 aromatic heterocycles. The van der Waals surface area contributed by atoms with Gasteiger partial charge >= 0.3 is 0 Å². The van der Waals surface area contributed by atoms with Crippen molar-refractivity contribution >= 4 is 21.7 Å². The van der Waals surface area contributed by atoms with E-state index >= 15 is 0 Å². The van der Waals surface area contributed by atoms with Crippen LogP contribution in [0.1, 0.15) is 0 Å². The van der Waals surface area contributed by atoms with Crippen molar-refractivity contribution in [2.75, 3.05) is 7.11 Å². The molecule has 0 saturated carbocycles. The van der Waals surface area contributed by atoms with Crippen LogP contribution in [-0.2, 0) is 0 Å². The molecule has 0 bridgehead atoms. The highest BCUT2D eigenvalue weighted by molar-refractivity contribution is 9.10. The van der Waals surface area contributed by atoms with E-state index in [9.17, 15) is 0 Å². The SMILES string of the molecule is COc1ccc(-c2cnn3c(-c4ccc(Br)cc4)nnc3n2)cc1. The monoisotopic (exact) mass is 381 g/mol. The summed E-state index contributed by atoms with van der Waals surface area (Å²) in [4.78, 5) is 4.54. The fraction of sp³-hybridized carbons (Fsp3) is 0.0588. The number of benzene rings is 2. The zero-order valence-corrected chi connectivity index (χ0v) is 14.3. The van der Waals surface area contributed by atoms with Crippen LogP contribution in [0.25, 0.3) is 28.4 Å². The van der Waals surface area contributed by atoms with Crippen molar-refractivity contribution in [3.63, 3.8) is 0 Å². The molecule has 2 heterocycles. The Morgan fingerprint density at radius 2 is 1.62 bits per heavy atom. The molecular weight excluding hydrogens is 370 g/mol. The van der Waals surface area contributed by atoms with E-state index in [4.69, 9.17) is 4.74 Å². The molecule has 4 aromatic rings. The van der Waals surface area contributed by atoms with E-state index in [0.717, 1.165) is 27.0 Å². The number of nitrogens with zero attached hydrogens (tertiary/aromatic N) is 5. The van der Waals surface area contributed by atoms with Crippen molar-refractivity contribution in [2.45, 2.75) is 0 Å². The second kappa shape index (κ2) is 6.01. The van der Waals surface area contributed by atoms with Crippen molar-refractivity contribution in [3.8, 4) is 28.4 Å². The number of halogens is 1. The van der Waals surface area contributed by atoms with Crippen LogP contribution in [0.4, 0.5) is 0 Å². The third-order valence-corrected chi connectivity index (χ3v) is 4.16. The maximum absolute atomic E-state index is 5.17. The van der Waals surface area contributed by atoms with Gasteiger partial charge in [-0.25, -0.2) is 4.98 Å². The van der Waals surface area contributed by atoms with Crippen molar-refractivity contribution in [1.82, 2.24) is 24.8 Å². The van der Waals surface area contributed by atoms with Crippen molar-refractivity contribution in [3.05, 3.63) is 59.2 Å². The second-order valence-electron chi connectivity index (χ2n) is 5.11. The molecule has 24 heavy (non-hydrogen) atoms. The molecule has 0 unspecified atom stereocenters. The number of ether oxygens (including phenoxy) is 1. The van der Waals surface area contributed by atoms with Crippen LogP contribution in [-0.4, -0.2) is 31.9 Å². The topological polar surface area (TPSA) is 65.2 Å². The van der Waals surface area contributed by atoms with Gasteiger partial charge in [0.05, 0.1) is 19.0 Å². The summed E-state index contributed by atoms with van der Waals surface area (Å²) in [5, 5.41) is 12.8. The van der Waals surface area contributed by atoms with E-state index in [-0.39, 0.29) is 0 Å². The maximum atomic E-state index is 5.17. The van der Waals surface area contributed by atoms with Crippen LogP contribution in [0.5, 0.6) is 5.75 Å². The molecule has 0 fully saturated rings. The fourth-order valence-corrected chi connectivity index (χ4v) is 2.64. The summed E-state index contributed by atoms with van der Waals surface area (Å²) < 4.78 is 7.81. The largest absolute Gasteiger partial charge is 0.497 e. The lowest BCUT2D eigenvalue weighted by Gasteiger charge is -2.03. The third kappa shape index (κ3) is 2.63. The minimum atomic E-state index is 0.459. The zero-order valence-electron chi connectivity index (χ0n) is 12.7. The molecule has 0 N–H and O–H groups in total. The lowest BCUT2D eigenvalue weighted by molar-refractivity contribution is 0.415. The van der Waals surface area contributed by atoms with E-state index in [1.807, 2.05) is 48.5 Å². The predicted octanol–water partition coefficient (Wildman–Crippen LogP) is 3.62. The summed E-state index contributed by atoms with van der Waals surface area (Å²) in [6.45, 7) is 0. The Labute approximate surface area is 146 Å². The molecule has 4 rings (SSSR count). The molecule has 0 aliphatic rings. The summed E-state index contributed by atoms with van der Waals surface area (Å²) >= 11 is 3.42. The van der Waals surface area contributed by atoms with Crippen LogP contribution in [0.15, 0.2) is 59.2 Å². The van der Waals surface area contributed by atoms with Crippen LogP contribution in [0.2, 0.25) is 0 Å². The zero-order chi connectivity index (χ0) is 16.5. The Balaban J connectivity index is 1.75. The van der Waals surface area contributed by atoms with Gasteiger partial charge < -0.3 is 4.74 Å². The lowest BCUT2D eigenvalue weighted by atomic mass is 10.1. The Kier molecular flexibility index (Phi) is 3.70. The van der Waals surface area contributed by atoms with Gasteiger partial charge in [0.15, 0.2) is 5.82 Å². The summed E-state index contributed by atoms with van der Waals surface area (Å²) in [5.41, 5.74) is 2.61. The Morgan fingerprint density at radius 3 is 2.33 bits per heavy atom. The van der Waals surface area contributed by atoms with Crippen molar-refractivity contribution < 1.29 is 4.74 Å². The standard InChI is InChI=1S/C17H12BrN5O/c1-24-14-8-4-11(5-9-14)15-10-19-23-16(21-22-17(23)20-15)12-2-6-13(18)7-3-12/h2-10H,1H3. The van der Waals surface area contributed by atoms with Gasteiger partial charge in [0.2, 0.25) is 0 Å². The molecule has 0 aliphatic heterocycles. The molecular formula is C17H12BrN5O. The smallest absolute Gasteiger partial charge is 0.272 e.